The lowest BCUT2D eigenvalue weighted by atomic mass is 9.98. The summed E-state index contributed by atoms with van der Waals surface area (Å²) >= 11 is 0. The molecule has 4 aliphatic rings. The molecular formula is C23H26F2N4O. The Morgan fingerprint density at radius 2 is 1.93 bits per heavy atom. The Labute approximate surface area is 175 Å². The first-order valence-electron chi connectivity index (χ1n) is 10.5. The van der Waals surface area contributed by atoms with Gasteiger partial charge in [0.1, 0.15) is 23.3 Å². The van der Waals surface area contributed by atoms with Crippen LogP contribution in [0.2, 0.25) is 0 Å². The van der Waals surface area contributed by atoms with Gasteiger partial charge in [-0.25, -0.2) is 13.8 Å². The van der Waals surface area contributed by atoms with Crippen molar-refractivity contribution in [3.63, 3.8) is 0 Å². The molecule has 1 aromatic carbocycles. The Balaban J connectivity index is 1.48. The van der Waals surface area contributed by atoms with Crippen molar-refractivity contribution in [1.82, 2.24) is 9.80 Å². The molecule has 0 radical (unpaired) electrons. The SMILES string of the molecule is CC1=CN2CC=C(N3CCOCC3)N=C2C(C(C)N2CCc3c(F)cc(F)cc32)=C1. The summed E-state index contributed by atoms with van der Waals surface area (Å²) in [5.41, 5.74) is 3.47. The van der Waals surface area contributed by atoms with Gasteiger partial charge in [0, 0.05) is 55.3 Å². The van der Waals surface area contributed by atoms with Crippen LogP contribution < -0.4 is 4.90 Å². The number of hydrogen-bond donors (Lipinski definition) is 0. The molecule has 0 aromatic heterocycles. The zero-order valence-corrected chi connectivity index (χ0v) is 17.4. The van der Waals surface area contributed by atoms with Crippen LogP contribution in [0.4, 0.5) is 14.5 Å². The van der Waals surface area contributed by atoms with Gasteiger partial charge in [0.25, 0.3) is 0 Å². The molecule has 0 saturated carbocycles. The van der Waals surface area contributed by atoms with E-state index in [0.29, 0.717) is 37.4 Å². The van der Waals surface area contributed by atoms with Crippen molar-refractivity contribution in [3.05, 3.63) is 64.6 Å². The third-order valence-electron chi connectivity index (χ3n) is 6.27. The van der Waals surface area contributed by atoms with Gasteiger partial charge in [-0.3, -0.25) is 0 Å². The van der Waals surface area contributed by atoms with E-state index in [1.165, 1.54) is 6.07 Å². The summed E-state index contributed by atoms with van der Waals surface area (Å²) in [6, 6.07) is 2.38. The zero-order valence-electron chi connectivity index (χ0n) is 17.4. The first kappa shape index (κ1) is 19.3. The van der Waals surface area contributed by atoms with Gasteiger partial charge in [0.05, 0.1) is 19.3 Å². The minimum Gasteiger partial charge on any atom is -0.378 e. The molecule has 0 N–H and O–H groups in total. The summed E-state index contributed by atoms with van der Waals surface area (Å²) < 4.78 is 33.7. The van der Waals surface area contributed by atoms with E-state index in [4.69, 9.17) is 9.73 Å². The van der Waals surface area contributed by atoms with Crippen molar-refractivity contribution in [2.24, 2.45) is 4.99 Å². The Bertz CT molecular complexity index is 991. The fourth-order valence-electron chi connectivity index (χ4n) is 4.74. The molecule has 5 nitrogen and oxygen atoms in total. The molecule has 1 unspecified atom stereocenters. The lowest BCUT2D eigenvalue weighted by molar-refractivity contribution is 0.0527. The largest absolute Gasteiger partial charge is 0.378 e. The second-order valence-electron chi connectivity index (χ2n) is 8.23. The summed E-state index contributed by atoms with van der Waals surface area (Å²) in [4.78, 5) is 11.5. The van der Waals surface area contributed by atoms with E-state index in [9.17, 15) is 8.78 Å². The van der Waals surface area contributed by atoms with Crippen LogP contribution in [0.25, 0.3) is 0 Å². The molecule has 5 rings (SSSR count). The monoisotopic (exact) mass is 412 g/mol. The maximum atomic E-state index is 14.3. The number of allylic oxidation sites excluding steroid dienone is 2. The Kier molecular flexibility index (Phi) is 4.85. The van der Waals surface area contributed by atoms with Crippen molar-refractivity contribution in [1.29, 1.82) is 0 Å². The van der Waals surface area contributed by atoms with Crippen LogP contribution in [0.5, 0.6) is 0 Å². The number of nitrogens with zero attached hydrogens (tertiary/aromatic N) is 4. The Morgan fingerprint density at radius 3 is 2.73 bits per heavy atom. The fraction of sp³-hybridized carbons (Fsp3) is 0.435. The van der Waals surface area contributed by atoms with Crippen LogP contribution in [0, 0.1) is 11.6 Å². The van der Waals surface area contributed by atoms with Gasteiger partial charge in [-0.15, -0.1) is 0 Å². The molecule has 4 heterocycles. The number of anilines is 1. The van der Waals surface area contributed by atoms with Crippen LogP contribution in [0.3, 0.4) is 0 Å². The molecule has 1 aromatic rings. The van der Waals surface area contributed by atoms with Crippen molar-refractivity contribution in [3.8, 4) is 0 Å². The maximum Gasteiger partial charge on any atom is 0.140 e. The number of fused-ring (bicyclic) bond motifs is 2. The molecule has 0 spiro atoms. The average molecular weight is 412 g/mol. The minimum absolute atomic E-state index is 0.0543. The Hall–Kier alpha value is -2.67. The van der Waals surface area contributed by atoms with Crippen molar-refractivity contribution in [2.75, 3.05) is 44.3 Å². The summed E-state index contributed by atoms with van der Waals surface area (Å²) in [5, 5.41) is 0. The maximum absolute atomic E-state index is 14.3. The number of ether oxygens (including phenoxy) is 1. The van der Waals surface area contributed by atoms with E-state index in [0.717, 1.165) is 48.5 Å². The second-order valence-corrected chi connectivity index (χ2v) is 8.23. The number of aliphatic imine (C=N–C) groups is 1. The van der Waals surface area contributed by atoms with Gasteiger partial charge in [0.2, 0.25) is 0 Å². The number of benzene rings is 1. The minimum atomic E-state index is -0.534. The second kappa shape index (κ2) is 7.54. The number of amidine groups is 1. The number of rotatable bonds is 3. The molecule has 1 fully saturated rings. The van der Waals surface area contributed by atoms with Crippen LogP contribution in [0.1, 0.15) is 19.4 Å². The fourth-order valence-corrected chi connectivity index (χ4v) is 4.74. The standard InChI is InChI=1S/C23H26F2N4O/c1-15-11-19(16(2)29-6-3-18-20(25)12-17(24)13-21(18)29)23-26-22(4-5-28(23)14-15)27-7-9-30-10-8-27/h4,11-14,16H,3,5-10H2,1-2H3. The van der Waals surface area contributed by atoms with Crippen LogP contribution >= 0.6 is 0 Å². The number of morpholine rings is 1. The summed E-state index contributed by atoms with van der Waals surface area (Å²) in [6.45, 7) is 8.69. The van der Waals surface area contributed by atoms with Crippen LogP contribution in [0.15, 0.2) is 52.4 Å². The van der Waals surface area contributed by atoms with Gasteiger partial charge >= 0.3 is 0 Å². The third kappa shape index (κ3) is 3.31. The first-order chi connectivity index (χ1) is 14.5. The van der Waals surface area contributed by atoms with Crippen molar-refractivity contribution in [2.45, 2.75) is 26.3 Å². The summed E-state index contributed by atoms with van der Waals surface area (Å²) in [6.07, 6.45) is 7.00. The highest BCUT2D eigenvalue weighted by molar-refractivity contribution is 6.03. The zero-order chi connectivity index (χ0) is 20.8. The predicted octanol–water partition coefficient (Wildman–Crippen LogP) is 3.45. The van der Waals surface area contributed by atoms with Crippen LogP contribution in [-0.2, 0) is 11.2 Å². The van der Waals surface area contributed by atoms with E-state index in [-0.39, 0.29) is 6.04 Å². The van der Waals surface area contributed by atoms with E-state index < -0.39 is 11.6 Å². The van der Waals surface area contributed by atoms with E-state index in [1.54, 1.807) is 0 Å². The van der Waals surface area contributed by atoms with Gasteiger partial charge in [-0.05, 0) is 44.1 Å². The highest BCUT2D eigenvalue weighted by Crippen LogP contribution is 2.36. The summed E-state index contributed by atoms with van der Waals surface area (Å²) in [7, 11) is 0. The topological polar surface area (TPSA) is 31.3 Å². The van der Waals surface area contributed by atoms with Crippen molar-refractivity contribution < 1.29 is 13.5 Å². The molecule has 1 saturated heterocycles. The molecular weight excluding hydrogens is 386 g/mol. The highest BCUT2D eigenvalue weighted by Gasteiger charge is 2.33. The quantitative estimate of drug-likeness (QED) is 0.761. The van der Waals surface area contributed by atoms with Gasteiger partial charge in [-0.1, -0.05) is 0 Å². The van der Waals surface area contributed by atoms with E-state index >= 15 is 0 Å². The van der Waals surface area contributed by atoms with Gasteiger partial charge < -0.3 is 19.4 Å². The lowest BCUT2D eigenvalue weighted by Gasteiger charge is -2.38. The average Bonchev–Trinajstić information content (AvgIpc) is 3.17. The van der Waals surface area contributed by atoms with E-state index in [2.05, 4.69) is 46.9 Å². The molecule has 0 amide bonds. The lowest BCUT2D eigenvalue weighted by Crippen LogP contribution is -2.44. The summed E-state index contributed by atoms with van der Waals surface area (Å²) in [5.74, 6) is 0.910. The molecule has 1 atom stereocenters. The normalized spacial score (nSPS) is 22.1. The number of hydrogen-bond acceptors (Lipinski definition) is 5. The number of halogens is 2. The molecule has 0 aliphatic carbocycles. The predicted molar refractivity (Wildman–Crippen MR) is 113 cm³/mol. The van der Waals surface area contributed by atoms with E-state index in [1.807, 2.05) is 0 Å². The smallest absolute Gasteiger partial charge is 0.140 e. The Morgan fingerprint density at radius 1 is 1.13 bits per heavy atom. The molecule has 30 heavy (non-hydrogen) atoms. The first-order valence-corrected chi connectivity index (χ1v) is 10.5. The highest BCUT2D eigenvalue weighted by atomic mass is 19.1. The third-order valence-corrected chi connectivity index (χ3v) is 6.27. The molecule has 4 aliphatic heterocycles. The molecule has 0 bridgehead atoms. The molecule has 7 heteroatoms. The van der Waals surface area contributed by atoms with Gasteiger partial charge in [0.15, 0.2) is 0 Å². The van der Waals surface area contributed by atoms with Crippen molar-refractivity contribution >= 4 is 11.5 Å². The molecule has 158 valence electrons. The van der Waals surface area contributed by atoms with Gasteiger partial charge in [-0.2, -0.15) is 0 Å². The van der Waals surface area contributed by atoms with Crippen LogP contribution in [-0.4, -0.2) is 61.1 Å².